The van der Waals surface area contributed by atoms with Crippen molar-refractivity contribution in [2.45, 2.75) is 57.7 Å². The Hall–Kier alpha value is -1.10. The highest BCUT2D eigenvalue weighted by Crippen LogP contribution is 2.48. The lowest BCUT2D eigenvalue weighted by molar-refractivity contribution is -0.256. The number of para-hydroxylation sites is 1. The molecule has 2 aliphatic rings. The quantitative estimate of drug-likeness (QED) is 0.672. The first-order valence-corrected chi connectivity index (χ1v) is 9.47. The van der Waals surface area contributed by atoms with Gasteiger partial charge in [0.15, 0.2) is 0 Å². The van der Waals surface area contributed by atoms with E-state index in [0.717, 1.165) is 30.5 Å². The fourth-order valence-corrected chi connectivity index (χ4v) is 3.80. The van der Waals surface area contributed by atoms with Crippen molar-refractivity contribution in [1.82, 2.24) is 0 Å². The van der Waals surface area contributed by atoms with Crippen LogP contribution in [0, 0.1) is 0 Å². The van der Waals surface area contributed by atoms with E-state index in [4.69, 9.17) is 21.1 Å². The summed E-state index contributed by atoms with van der Waals surface area (Å²) < 4.78 is 11.7. The number of benzene rings is 1. The summed E-state index contributed by atoms with van der Waals surface area (Å²) >= 11 is 6.41. The van der Waals surface area contributed by atoms with E-state index in [9.17, 15) is 4.79 Å². The first-order chi connectivity index (χ1) is 11.7. The highest BCUT2D eigenvalue weighted by molar-refractivity contribution is 6.35. The molecule has 2 heterocycles. The zero-order valence-electron chi connectivity index (χ0n) is 14.4. The van der Waals surface area contributed by atoms with Crippen LogP contribution < -0.4 is 4.90 Å². The lowest BCUT2D eigenvalue weighted by Crippen LogP contribution is -2.47. The van der Waals surface area contributed by atoms with E-state index in [0.29, 0.717) is 24.8 Å². The van der Waals surface area contributed by atoms with E-state index in [-0.39, 0.29) is 5.91 Å². The molecular weight excluding hydrogens is 326 g/mol. The molecule has 0 saturated carbocycles. The number of ether oxygens (including phenoxy) is 2. The predicted molar refractivity (Wildman–Crippen MR) is 95.4 cm³/mol. The topological polar surface area (TPSA) is 38.8 Å². The second-order valence-corrected chi connectivity index (χ2v) is 6.93. The largest absolute Gasteiger partial charge is 0.338 e. The predicted octanol–water partition coefficient (Wildman–Crippen LogP) is 4.64. The van der Waals surface area contributed by atoms with E-state index in [2.05, 4.69) is 6.92 Å². The minimum absolute atomic E-state index is 0.126. The molecule has 1 fully saturated rings. The number of hydrogen-bond donors (Lipinski definition) is 0. The van der Waals surface area contributed by atoms with Gasteiger partial charge >= 0.3 is 0 Å². The van der Waals surface area contributed by atoms with E-state index >= 15 is 0 Å². The van der Waals surface area contributed by atoms with Crippen molar-refractivity contribution < 1.29 is 14.3 Å². The van der Waals surface area contributed by atoms with Gasteiger partial charge in [0, 0.05) is 12.1 Å². The van der Waals surface area contributed by atoms with Crippen LogP contribution in [0.4, 0.5) is 5.69 Å². The third-order valence-corrected chi connectivity index (χ3v) is 5.08. The lowest BCUT2D eigenvalue weighted by atomic mass is 10.1. The van der Waals surface area contributed by atoms with Crippen molar-refractivity contribution in [2.24, 2.45) is 0 Å². The molecule has 132 valence electrons. The molecule has 5 heteroatoms. The minimum atomic E-state index is -1.28. The van der Waals surface area contributed by atoms with Gasteiger partial charge in [-0.1, -0.05) is 62.8 Å². The van der Waals surface area contributed by atoms with Crippen LogP contribution >= 0.6 is 11.6 Å². The molecule has 0 aliphatic carbocycles. The number of hydrogen-bond acceptors (Lipinski definition) is 3. The Morgan fingerprint density at radius 3 is 2.58 bits per heavy atom. The van der Waals surface area contributed by atoms with E-state index in [1.807, 2.05) is 18.2 Å². The van der Waals surface area contributed by atoms with E-state index in [1.54, 1.807) is 4.90 Å². The second kappa shape index (κ2) is 7.85. The fraction of sp³-hybridized carbons (Fsp3) is 0.632. The average Bonchev–Trinajstić information content (AvgIpc) is 2.82. The fourth-order valence-electron chi connectivity index (χ4n) is 3.52. The van der Waals surface area contributed by atoms with Crippen molar-refractivity contribution in [2.75, 3.05) is 24.7 Å². The third-order valence-electron chi connectivity index (χ3n) is 4.77. The number of nitrogens with zero attached hydrogens (tertiary/aromatic N) is 1. The molecule has 2 aliphatic heterocycles. The Kier molecular flexibility index (Phi) is 5.80. The number of carbonyl (C=O) groups is 1. The van der Waals surface area contributed by atoms with Crippen LogP contribution in [0.1, 0.15) is 57.4 Å². The molecule has 1 aromatic rings. The molecule has 0 radical (unpaired) electrons. The Labute approximate surface area is 149 Å². The second-order valence-electron chi connectivity index (χ2n) is 6.53. The molecular formula is C19H26ClNO3. The van der Waals surface area contributed by atoms with Crippen LogP contribution in [0.2, 0.25) is 5.02 Å². The molecule has 1 aromatic carbocycles. The van der Waals surface area contributed by atoms with Gasteiger partial charge in [-0.3, -0.25) is 4.79 Å². The molecule has 1 amide bonds. The van der Waals surface area contributed by atoms with Crippen molar-refractivity contribution in [3.05, 3.63) is 28.8 Å². The number of halogens is 1. The third kappa shape index (κ3) is 3.19. The van der Waals surface area contributed by atoms with Gasteiger partial charge in [0.2, 0.25) is 0 Å². The Bertz CT molecular complexity index is 584. The Morgan fingerprint density at radius 1 is 1.12 bits per heavy atom. The summed E-state index contributed by atoms with van der Waals surface area (Å²) in [5.41, 5.74) is 1.52. The summed E-state index contributed by atoms with van der Waals surface area (Å²) in [5.74, 6) is -1.40. The van der Waals surface area contributed by atoms with Crippen LogP contribution in [-0.4, -0.2) is 25.7 Å². The average molecular weight is 352 g/mol. The maximum absolute atomic E-state index is 13.1. The van der Waals surface area contributed by atoms with Gasteiger partial charge in [-0.25, -0.2) is 0 Å². The normalized spacial score (nSPS) is 19.1. The lowest BCUT2D eigenvalue weighted by Gasteiger charge is -2.32. The monoisotopic (exact) mass is 351 g/mol. The van der Waals surface area contributed by atoms with Gasteiger partial charge in [-0.05, 0) is 18.9 Å². The van der Waals surface area contributed by atoms with Crippen molar-refractivity contribution in [3.8, 4) is 0 Å². The van der Waals surface area contributed by atoms with Crippen LogP contribution in [0.5, 0.6) is 0 Å². The Balaban J connectivity index is 1.74. The Morgan fingerprint density at radius 2 is 1.83 bits per heavy atom. The molecule has 24 heavy (non-hydrogen) atoms. The van der Waals surface area contributed by atoms with Gasteiger partial charge < -0.3 is 14.4 Å². The molecule has 4 nitrogen and oxygen atoms in total. The van der Waals surface area contributed by atoms with Gasteiger partial charge in [-0.15, -0.1) is 0 Å². The van der Waals surface area contributed by atoms with Crippen LogP contribution in [-0.2, 0) is 20.1 Å². The standard InChI is InChI=1S/C19H26ClNO3/c1-2-3-4-5-6-7-12-21-17-15(10-8-11-16(17)20)19(18(21)22)23-13-9-14-24-19/h8,10-11H,2-7,9,12-14H2,1H3. The van der Waals surface area contributed by atoms with Crippen molar-refractivity contribution >= 4 is 23.2 Å². The zero-order chi connectivity index (χ0) is 17.0. The maximum atomic E-state index is 13.1. The molecule has 0 unspecified atom stereocenters. The summed E-state index contributed by atoms with van der Waals surface area (Å²) in [7, 11) is 0. The smallest absolute Gasteiger partial charge is 0.292 e. The van der Waals surface area contributed by atoms with E-state index in [1.165, 1.54) is 25.7 Å². The molecule has 1 saturated heterocycles. The zero-order valence-corrected chi connectivity index (χ0v) is 15.1. The highest BCUT2D eigenvalue weighted by atomic mass is 35.5. The summed E-state index contributed by atoms with van der Waals surface area (Å²) in [5, 5.41) is 0.585. The van der Waals surface area contributed by atoms with Gasteiger partial charge in [-0.2, -0.15) is 0 Å². The molecule has 0 atom stereocenters. The van der Waals surface area contributed by atoms with Crippen LogP contribution in [0.15, 0.2) is 18.2 Å². The minimum Gasteiger partial charge on any atom is -0.338 e. The number of carbonyl (C=O) groups excluding carboxylic acids is 1. The van der Waals surface area contributed by atoms with E-state index < -0.39 is 5.79 Å². The number of fused-ring (bicyclic) bond motifs is 2. The van der Waals surface area contributed by atoms with Crippen molar-refractivity contribution in [3.63, 3.8) is 0 Å². The summed E-state index contributed by atoms with van der Waals surface area (Å²) in [6.07, 6.45) is 7.89. The first kappa shape index (κ1) is 17.7. The summed E-state index contributed by atoms with van der Waals surface area (Å²) in [6.45, 7) is 3.94. The maximum Gasteiger partial charge on any atom is 0.292 e. The van der Waals surface area contributed by atoms with Gasteiger partial charge in [0.05, 0.1) is 23.9 Å². The van der Waals surface area contributed by atoms with Gasteiger partial charge in [0.1, 0.15) is 0 Å². The number of anilines is 1. The highest BCUT2D eigenvalue weighted by Gasteiger charge is 2.55. The van der Waals surface area contributed by atoms with Gasteiger partial charge in [0.25, 0.3) is 11.7 Å². The SMILES string of the molecule is CCCCCCCCN1C(=O)C2(OCCCO2)c2cccc(Cl)c21. The first-order valence-electron chi connectivity index (χ1n) is 9.09. The number of amides is 1. The molecule has 1 spiro atoms. The molecule has 0 N–H and O–H groups in total. The van der Waals surface area contributed by atoms with Crippen molar-refractivity contribution in [1.29, 1.82) is 0 Å². The number of rotatable bonds is 7. The molecule has 0 bridgehead atoms. The summed E-state index contributed by atoms with van der Waals surface area (Å²) in [4.78, 5) is 14.8. The summed E-state index contributed by atoms with van der Waals surface area (Å²) in [6, 6.07) is 5.57. The van der Waals surface area contributed by atoms with Crippen LogP contribution in [0.25, 0.3) is 0 Å². The molecule has 3 rings (SSSR count). The van der Waals surface area contributed by atoms with Crippen LogP contribution in [0.3, 0.4) is 0 Å². The molecule has 0 aromatic heterocycles. The number of unbranched alkanes of at least 4 members (excludes halogenated alkanes) is 5.